The summed E-state index contributed by atoms with van der Waals surface area (Å²) >= 11 is 0. The zero-order valence-corrected chi connectivity index (χ0v) is 7.92. The van der Waals surface area contributed by atoms with Gasteiger partial charge in [-0.2, -0.15) is 0 Å². The van der Waals surface area contributed by atoms with Crippen LogP contribution in [-0.4, -0.2) is 47.3 Å². The zero-order valence-electron chi connectivity index (χ0n) is 7.92. The molecule has 0 aromatic carbocycles. The Bertz CT molecular complexity index is 210. The van der Waals surface area contributed by atoms with E-state index in [4.69, 9.17) is 15.2 Å². The van der Waals surface area contributed by atoms with E-state index >= 15 is 0 Å². The predicted molar refractivity (Wildman–Crippen MR) is 46.1 cm³/mol. The number of ether oxygens (including phenoxy) is 2. The Hall–Kier alpha value is -0.690. The summed E-state index contributed by atoms with van der Waals surface area (Å²) in [5, 5.41) is 18.8. The molecule has 14 heavy (non-hydrogen) atoms. The fourth-order valence-electron chi connectivity index (χ4n) is 1.32. The topological polar surface area (TPSA) is 102 Å². The van der Waals surface area contributed by atoms with Gasteiger partial charge in [-0.15, -0.1) is 0 Å². The monoisotopic (exact) mass is 205 g/mol. The molecule has 1 saturated heterocycles. The summed E-state index contributed by atoms with van der Waals surface area (Å²) in [6.07, 6.45) is -4.06. The Labute approximate surface area is 81.6 Å². The molecule has 1 fully saturated rings. The van der Waals surface area contributed by atoms with Gasteiger partial charge in [0.05, 0.1) is 6.10 Å². The van der Waals surface area contributed by atoms with Crippen molar-refractivity contribution >= 4 is 5.91 Å². The van der Waals surface area contributed by atoms with Crippen molar-refractivity contribution in [1.29, 1.82) is 0 Å². The number of amides is 1. The van der Waals surface area contributed by atoms with Crippen molar-refractivity contribution in [3.8, 4) is 0 Å². The van der Waals surface area contributed by atoms with Crippen LogP contribution in [0.15, 0.2) is 0 Å². The minimum absolute atomic E-state index is 0.0000737. The number of aliphatic hydroxyl groups excluding tert-OH is 2. The first-order valence-electron chi connectivity index (χ1n) is 4.48. The van der Waals surface area contributed by atoms with E-state index in [1.165, 1.54) is 0 Å². The molecule has 1 aliphatic rings. The van der Waals surface area contributed by atoms with E-state index in [1.54, 1.807) is 6.92 Å². The van der Waals surface area contributed by atoms with E-state index in [0.717, 1.165) is 0 Å². The van der Waals surface area contributed by atoms with Crippen LogP contribution in [0.2, 0.25) is 0 Å². The van der Waals surface area contributed by atoms with Crippen molar-refractivity contribution in [2.75, 3.05) is 6.61 Å². The van der Waals surface area contributed by atoms with Gasteiger partial charge < -0.3 is 25.4 Å². The van der Waals surface area contributed by atoms with E-state index in [9.17, 15) is 15.0 Å². The first kappa shape index (κ1) is 11.4. The fourth-order valence-corrected chi connectivity index (χ4v) is 1.32. The highest BCUT2D eigenvalue weighted by atomic mass is 16.7. The van der Waals surface area contributed by atoms with Crippen LogP contribution < -0.4 is 5.73 Å². The Balaban J connectivity index is 2.61. The van der Waals surface area contributed by atoms with Gasteiger partial charge in [-0.3, -0.25) is 4.79 Å². The van der Waals surface area contributed by atoms with Gasteiger partial charge in [-0.25, -0.2) is 0 Å². The lowest BCUT2D eigenvalue weighted by Crippen LogP contribution is -2.52. The molecule has 6 heteroatoms. The molecule has 6 nitrogen and oxygen atoms in total. The Morgan fingerprint density at radius 3 is 2.79 bits per heavy atom. The average molecular weight is 205 g/mol. The summed E-state index contributed by atoms with van der Waals surface area (Å²) < 4.78 is 10.1. The number of primary amides is 1. The quantitative estimate of drug-likeness (QED) is 0.512. The van der Waals surface area contributed by atoms with Crippen LogP contribution in [-0.2, 0) is 14.3 Å². The highest BCUT2D eigenvalue weighted by Crippen LogP contribution is 2.20. The normalized spacial score (nSPS) is 38.2. The van der Waals surface area contributed by atoms with Crippen LogP contribution in [0.5, 0.6) is 0 Å². The minimum atomic E-state index is -1.13. The highest BCUT2D eigenvalue weighted by Gasteiger charge is 2.39. The van der Waals surface area contributed by atoms with Crippen LogP contribution in [0.3, 0.4) is 0 Å². The molecule has 1 aliphatic heterocycles. The first-order chi connectivity index (χ1) is 6.56. The van der Waals surface area contributed by atoms with Crippen LogP contribution in [0.4, 0.5) is 0 Å². The molecular weight excluding hydrogens is 190 g/mol. The molecule has 1 amide bonds. The standard InChI is InChI=1S/C8H15NO5/c1-2-13-8-6(11)4(10)3-5(14-8)7(9)12/h4-6,8,10-11H,2-3H2,1H3,(H2,9,12)/t4-,5+,6-,8-/m1/s1. The van der Waals surface area contributed by atoms with Crippen molar-refractivity contribution in [2.45, 2.75) is 37.9 Å². The second-order valence-electron chi connectivity index (χ2n) is 3.14. The van der Waals surface area contributed by atoms with Crippen molar-refractivity contribution in [3.63, 3.8) is 0 Å². The molecule has 0 aliphatic carbocycles. The van der Waals surface area contributed by atoms with Gasteiger partial charge in [0.1, 0.15) is 12.2 Å². The lowest BCUT2D eigenvalue weighted by molar-refractivity contribution is -0.260. The molecule has 4 N–H and O–H groups in total. The Kier molecular flexibility index (Phi) is 3.82. The minimum Gasteiger partial charge on any atom is -0.390 e. The van der Waals surface area contributed by atoms with Gasteiger partial charge in [0, 0.05) is 13.0 Å². The van der Waals surface area contributed by atoms with Gasteiger partial charge in [0.15, 0.2) is 6.29 Å². The van der Waals surface area contributed by atoms with Crippen LogP contribution in [0.25, 0.3) is 0 Å². The third kappa shape index (κ3) is 2.42. The van der Waals surface area contributed by atoms with Crippen LogP contribution in [0.1, 0.15) is 13.3 Å². The maximum absolute atomic E-state index is 10.8. The predicted octanol–water partition coefficient (Wildman–Crippen LogP) is -1.65. The molecule has 0 bridgehead atoms. The number of aliphatic hydroxyl groups is 2. The second-order valence-corrected chi connectivity index (χ2v) is 3.14. The summed E-state index contributed by atoms with van der Waals surface area (Å²) in [6.45, 7) is 2.04. The van der Waals surface area contributed by atoms with Gasteiger partial charge in [-0.1, -0.05) is 0 Å². The van der Waals surface area contributed by atoms with E-state index in [-0.39, 0.29) is 6.42 Å². The number of carbonyl (C=O) groups is 1. The van der Waals surface area contributed by atoms with Crippen LogP contribution >= 0.6 is 0 Å². The smallest absolute Gasteiger partial charge is 0.246 e. The molecule has 0 spiro atoms. The summed E-state index contributed by atoms with van der Waals surface area (Å²) in [5.74, 6) is -0.666. The fraction of sp³-hybridized carbons (Fsp3) is 0.875. The molecule has 0 saturated carbocycles. The van der Waals surface area contributed by atoms with Crippen molar-refractivity contribution < 1.29 is 24.5 Å². The van der Waals surface area contributed by atoms with Gasteiger partial charge >= 0.3 is 0 Å². The molecular formula is C8H15NO5. The van der Waals surface area contributed by atoms with E-state index < -0.39 is 30.5 Å². The van der Waals surface area contributed by atoms with Crippen molar-refractivity contribution in [2.24, 2.45) is 5.73 Å². The molecule has 0 aromatic heterocycles. The van der Waals surface area contributed by atoms with E-state index in [0.29, 0.717) is 6.61 Å². The van der Waals surface area contributed by atoms with E-state index in [2.05, 4.69) is 0 Å². The third-order valence-electron chi connectivity index (χ3n) is 2.08. The SMILES string of the molecule is CCO[C@@H]1O[C@H](C(N)=O)C[C@@H](O)[C@H]1O. The summed E-state index contributed by atoms with van der Waals surface area (Å²) in [7, 11) is 0. The average Bonchev–Trinajstić information content (AvgIpc) is 2.12. The summed E-state index contributed by atoms with van der Waals surface area (Å²) in [5.41, 5.74) is 5.02. The molecule has 1 heterocycles. The molecule has 1 rings (SSSR count). The number of hydrogen-bond acceptors (Lipinski definition) is 5. The number of nitrogens with two attached hydrogens (primary N) is 1. The number of rotatable bonds is 3. The first-order valence-corrected chi connectivity index (χ1v) is 4.48. The number of carbonyl (C=O) groups excluding carboxylic acids is 1. The molecule has 0 unspecified atom stereocenters. The summed E-state index contributed by atoms with van der Waals surface area (Å²) in [4.78, 5) is 10.8. The molecule has 4 atom stereocenters. The highest BCUT2D eigenvalue weighted by molar-refractivity contribution is 5.79. The second kappa shape index (κ2) is 4.70. The van der Waals surface area contributed by atoms with Crippen molar-refractivity contribution in [1.82, 2.24) is 0 Å². The summed E-state index contributed by atoms with van der Waals surface area (Å²) in [6, 6.07) is 0. The Morgan fingerprint density at radius 1 is 1.64 bits per heavy atom. The largest absolute Gasteiger partial charge is 0.390 e. The lowest BCUT2D eigenvalue weighted by Gasteiger charge is -2.35. The zero-order chi connectivity index (χ0) is 10.7. The maximum Gasteiger partial charge on any atom is 0.246 e. The van der Waals surface area contributed by atoms with Gasteiger partial charge in [-0.05, 0) is 6.92 Å². The van der Waals surface area contributed by atoms with Gasteiger partial charge in [0.25, 0.3) is 0 Å². The Morgan fingerprint density at radius 2 is 2.29 bits per heavy atom. The van der Waals surface area contributed by atoms with Gasteiger partial charge in [0.2, 0.25) is 5.91 Å². The van der Waals surface area contributed by atoms with E-state index in [1.807, 2.05) is 0 Å². The third-order valence-corrected chi connectivity index (χ3v) is 2.08. The molecule has 0 radical (unpaired) electrons. The van der Waals surface area contributed by atoms with Crippen LogP contribution in [0, 0.1) is 0 Å². The lowest BCUT2D eigenvalue weighted by atomic mass is 10.0. The number of hydrogen-bond donors (Lipinski definition) is 3. The molecule has 0 aromatic rings. The maximum atomic E-state index is 10.8. The van der Waals surface area contributed by atoms with Crippen molar-refractivity contribution in [3.05, 3.63) is 0 Å². The molecule has 82 valence electrons.